The number of rotatable bonds is 11. The number of nitrogens with zero attached hydrogens (tertiary/aromatic N) is 4. The fraction of sp³-hybridized carbons (Fsp3) is 0.462. The van der Waals surface area contributed by atoms with Crippen molar-refractivity contribution in [1.82, 2.24) is 29.7 Å². The van der Waals surface area contributed by atoms with Crippen LogP contribution >= 0.6 is 0 Å². The first-order valence-corrected chi connectivity index (χ1v) is 12.2. The smallest absolute Gasteiger partial charge is 0.272 e. The Morgan fingerprint density at radius 2 is 1.97 bits per heavy atom. The summed E-state index contributed by atoms with van der Waals surface area (Å²) < 4.78 is 2.06. The van der Waals surface area contributed by atoms with Crippen LogP contribution in [-0.4, -0.2) is 49.7 Å². The zero-order valence-electron chi connectivity index (χ0n) is 20.1. The van der Waals surface area contributed by atoms with Gasteiger partial charge in [0.2, 0.25) is 0 Å². The topological polar surface area (TPSA) is 95.9 Å². The normalized spacial score (nSPS) is 14.5. The van der Waals surface area contributed by atoms with Gasteiger partial charge in [0.15, 0.2) is 0 Å². The van der Waals surface area contributed by atoms with Gasteiger partial charge in [-0.2, -0.15) is 0 Å². The Morgan fingerprint density at radius 3 is 2.76 bits per heavy atom. The first kappa shape index (κ1) is 23.9. The van der Waals surface area contributed by atoms with Crippen molar-refractivity contribution in [3.63, 3.8) is 0 Å². The minimum atomic E-state index is -0.256. The Kier molecular flexibility index (Phi) is 7.90. The number of imidazole rings is 2. The van der Waals surface area contributed by atoms with E-state index in [2.05, 4.69) is 36.8 Å². The molecule has 8 nitrogen and oxygen atoms in total. The molecule has 2 aromatic heterocycles. The SMILES string of the molecule is CCC(=O)CCCCC[C@H](NC(=O)c1cn2c(n1)CN(C)CC2)c1ncc(-c2ccccc2)[nH]1. The second-order valence-electron chi connectivity index (χ2n) is 9.04. The molecule has 0 aliphatic carbocycles. The average Bonchev–Trinajstić information content (AvgIpc) is 3.51. The van der Waals surface area contributed by atoms with Gasteiger partial charge in [0.05, 0.1) is 24.5 Å². The molecule has 1 aromatic carbocycles. The number of aromatic nitrogens is 4. The lowest BCUT2D eigenvalue weighted by molar-refractivity contribution is -0.118. The Balaban J connectivity index is 1.45. The third-order valence-electron chi connectivity index (χ3n) is 6.38. The predicted octanol–water partition coefficient (Wildman–Crippen LogP) is 4.12. The summed E-state index contributed by atoms with van der Waals surface area (Å²) in [7, 11) is 2.06. The monoisotopic (exact) mass is 462 g/mol. The summed E-state index contributed by atoms with van der Waals surface area (Å²) in [5.41, 5.74) is 2.41. The molecule has 4 rings (SSSR count). The summed E-state index contributed by atoms with van der Waals surface area (Å²) in [6, 6.07) is 9.77. The molecule has 0 unspecified atom stereocenters. The molecule has 3 aromatic rings. The van der Waals surface area contributed by atoms with Crippen LogP contribution in [0.4, 0.5) is 0 Å². The summed E-state index contributed by atoms with van der Waals surface area (Å²) in [6.45, 7) is 4.43. The third-order valence-corrected chi connectivity index (χ3v) is 6.38. The van der Waals surface area contributed by atoms with Gasteiger partial charge in [-0.25, -0.2) is 9.97 Å². The summed E-state index contributed by atoms with van der Waals surface area (Å²) in [4.78, 5) is 39.5. The highest BCUT2D eigenvalue weighted by molar-refractivity contribution is 5.92. The highest BCUT2D eigenvalue weighted by Gasteiger charge is 2.23. The van der Waals surface area contributed by atoms with Crippen molar-refractivity contribution >= 4 is 11.7 Å². The van der Waals surface area contributed by atoms with Crippen molar-refractivity contribution in [3.8, 4) is 11.3 Å². The fourth-order valence-electron chi connectivity index (χ4n) is 4.29. The molecule has 1 aliphatic heterocycles. The van der Waals surface area contributed by atoms with Gasteiger partial charge in [0, 0.05) is 32.1 Å². The van der Waals surface area contributed by atoms with E-state index in [1.165, 1.54) is 0 Å². The number of ketones is 1. The molecule has 0 radical (unpaired) electrons. The van der Waals surface area contributed by atoms with E-state index in [4.69, 9.17) is 0 Å². The van der Waals surface area contributed by atoms with Gasteiger partial charge in [-0.15, -0.1) is 0 Å². The predicted molar refractivity (Wildman–Crippen MR) is 131 cm³/mol. The molecule has 2 N–H and O–H groups in total. The van der Waals surface area contributed by atoms with Crippen LogP contribution in [0.5, 0.6) is 0 Å². The van der Waals surface area contributed by atoms with Crippen molar-refractivity contribution in [3.05, 3.63) is 60.1 Å². The Labute approximate surface area is 200 Å². The minimum absolute atomic E-state index is 0.187. The standard InChI is InChI=1S/C26H34N6O2/c1-3-20(33)12-8-5-9-13-21(25-27-16-22(29-25)19-10-6-4-7-11-19)30-26(34)23-17-32-15-14-31(2)18-24(32)28-23/h4,6-7,10-11,16-17,21H,3,5,8-9,12-15,18H2,1-2H3,(H,27,29)(H,30,34)/t21-/m0/s1. The van der Waals surface area contributed by atoms with Gasteiger partial charge in [-0.05, 0) is 25.5 Å². The summed E-state index contributed by atoms with van der Waals surface area (Å²) >= 11 is 0. The first-order chi connectivity index (χ1) is 16.5. The maximum absolute atomic E-state index is 13.1. The molecule has 0 bridgehead atoms. The van der Waals surface area contributed by atoms with Crippen LogP contribution in [0.3, 0.4) is 0 Å². The van der Waals surface area contributed by atoms with Crippen molar-refractivity contribution in [1.29, 1.82) is 0 Å². The van der Waals surface area contributed by atoms with E-state index in [0.717, 1.165) is 68.2 Å². The molecule has 180 valence electrons. The number of unbranched alkanes of at least 4 members (excludes halogenated alkanes) is 2. The summed E-state index contributed by atoms with van der Waals surface area (Å²) in [5, 5.41) is 3.16. The average molecular weight is 463 g/mol. The molecule has 8 heteroatoms. The van der Waals surface area contributed by atoms with Crippen LogP contribution in [0.2, 0.25) is 0 Å². The number of amides is 1. The quantitative estimate of drug-likeness (QED) is 0.418. The van der Waals surface area contributed by atoms with Crippen molar-refractivity contribution in [2.24, 2.45) is 0 Å². The zero-order valence-corrected chi connectivity index (χ0v) is 20.1. The maximum Gasteiger partial charge on any atom is 0.272 e. The van der Waals surface area contributed by atoms with E-state index >= 15 is 0 Å². The number of Topliss-reactive ketones (excluding diaryl/α,β-unsaturated/α-hetero) is 1. The second kappa shape index (κ2) is 11.2. The van der Waals surface area contributed by atoms with Gasteiger partial charge in [0.25, 0.3) is 5.91 Å². The number of hydrogen-bond acceptors (Lipinski definition) is 5. The number of fused-ring (bicyclic) bond motifs is 1. The van der Waals surface area contributed by atoms with Crippen LogP contribution < -0.4 is 5.32 Å². The zero-order chi connectivity index (χ0) is 23.9. The molecule has 1 atom stereocenters. The lowest BCUT2D eigenvalue weighted by Gasteiger charge is -2.22. The minimum Gasteiger partial charge on any atom is -0.341 e. The van der Waals surface area contributed by atoms with E-state index in [9.17, 15) is 9.59 Å². The molecule has 1 amide bonds. The Hall–Kier alpha value is -3.26. The van der Waals surface area contributed by atoms with Gasteiger partial charge in [0.1, 0.15) is 23.1 Å². The fourth-order valence-corrected chi connectivity index (χ4v) is 4.29. The van der Waals surface area contributed by atoms with E-state index in [0.29, 0.717) is 24.3 Å². The number of hydrogen-bond donors (Lipinski definition) is 2. The van der Waals surface area contributed by atoms with E-state index in [1.54, 1.807) is 0 Å². The molecule has 3 heterocycles. The van der Waals surface area contributed by atoms with E-state index in [1.807, 2.05) is 49.6 Å². The lowest BCUT2D eigenvalue weighted by atomic mass is 10.0. The van der Waals surface area contributed by atoms with Crippen molar-refractivity contribution < 1.29 is 9.59 Å². The van der Waals surface area contributed by atoms with Crippen LogP contribution in [-0.2, 0) is 17.9 Å². The van der Waals surface area contributed by atoms with Crippen LogP contribution in [0.25, 0.3) is 11.3 Å². The first-order valence-electron chi connectivity index (χ1n) is 12.2. The molecule has 1 aliphatic rings. The number of carbonyl (C=O) groups is 2. The summed E-state index contributed by atoms with van der Waals surface area (Å²) in [5.74, 6) is 1.77. The van der Waals surface area contributed by atoms with Crippen molar-refractivity contribution in [2.45, 2.75) is 64.6 Å². The molecular formula is C26H34N6O2. The van der Waals surface area contributed by atoms with Gasteiger partial charge in [-0.3, -0.25) is 14.5 Å². The largest absolute Gasteiger partial charge is 0.341 e. The number of nitrogens with one attached hydrogen (secondary N) is 2. The number of likely N-dealkylation sites (N-methyl/N-ethyl adjacent to an activating group) is 1. The molecule has 0 spiro atoms. The van der Waals surface area contributed by atoms with Crippen LogP contribution in [0, 0.1) is 0 Å². The molecule has 0 saturated carbocycles. The van der Waals surface area contributed by atoms with Crippen LogP contribution in [0.15, 0.2) is 42.7 Å². The lowest BCUT2D eigenvalue weighted by Crippen LogP contribution is -2.30. The highest BCUT2D eigenvalue weighted by Crippen LogP contribution is 2.23. The van der Waals surface area contributed by atoms with Crippen molar-refractivity contribution in [2.75, 3.05) is 13.6 Å². The van der Waals surface area contributed by atoms with Gasteiger partial charge >= 0.3 is 0 Å². The molecule has 34 heavy (non-hydrogen) atoms. The molecule has 0 saturated heterocycles. The Morgan fingerprint density at radius 1 is 1.15 bits per heavy atom. The molecule has 0 fully saturated rings. The molecular weight excluding hydrogens is 428 g/mol. The Bertz CT molecular complexity index is 1100. The number of H-pyrrole nitrogens is 1. The second-order valence-corrected chi connectivity index (χ2v) is 9.04. The van der Waals surface area contributed by atoms with Crippen LogP contribution in [0.1, 0.15) is 73.6 Å². The van der Waals surface area contributed by atoms with Gasteiger partial charge < -0.3 is 14.9 Å². The summed E-state index contributed by atoms with van der Waals surface area (Å²) in [6.07, 6.45) is 8.34. The number of benzene rings is 1. The number of carbonyl (C=O) groups excluding carboxylic acids is 2. The maximum atomic E-state index is 13.1. The number of aromatic amines is 1. The highest BCUT2D eigenvalue weighted by atomic mass is 16.2. The van der Waals surface area contributed by atoms with E-state index in [-0.39, 0.29) is 11.9 Å². The third kappa shape index (κ3) is 5.99. The van der Waals surface area contributed by atoms with Gasteiger partial charge in [-0.1, -0.05) is 50.1 Å². The van der Waals surface area contributed by atoms with E-state index < -0.39 is 0 Å².